The van der Waals surface area contributed by atoms with Gasteiger partial charge in [-0.3, -0.25) is 0 Å². The van der Waals surface area contributed by atoms with E-state index >= 15 is 0 Å². The van der Waals surface area contributed by atoms with Crippen LogP contribution in [0.15, 0.2) is 72.8 Å². The first-order valence-electron chi connectivity index (χ1n) is 13.8. The first-order chi connectivity index (χ1) is 20.0. The van der Waals surface area contributed by atoms with Crippen LogP contribution >= 0.6 is 0 Å². The van der Waals surface area contributed by atoms with Crippen LogP contribution in [0.3, 0.4) is 0 Å². The molecule has 0 aliphatic carbocycles. The van der Waals surface area contributed by atoms with Gasteiger partial charge < -0.3 is 9.47 Å². The maximum atomic E-state index is 14.7. The molecular weight excluding hydrogens is 550 g/mol. The molecule has 4 aromatic rings. The summed E-state index contributed by atoms with van der Waals surface area (Å²) in [6, 6.07) is 18.1. The number of unbranched alkanes of at least 4 members (excludes halogenated alkanes) is 1. The number of carbonyl (C=O) groups is 1. The molecule has 0 saturated carbocycles. The van der Waals surface area contributed by atoms with Crippen molar-refractivity contribution in [2.24, 2.45) is 0 Å². The van der Waals surface area contributed by atoms with Gasteiger partial charge in [-0.15, -0.1) is 5.10 Å². The summed E-state index contributed by atoms with van der Waals surface area (Å²) in [5.74, 6) is 0.319. The molecule has 6 nitrogen and oxygen atoms in total. The van der Waals surface area contributed by atoms with E-state index in [2.05, 4.69) is 10.1 Å². The van der Waals surface area contributed by atoms with E-state index in [0.717, 1.165) is 30.5 Å². The summed E-state index contributed by atoms with van der Waals surface area (Å²) in [6.45, 7) is 5.71. The van der Waals surface area contributed by atoms with Gasteiger partial charge in [0.15, 0.2) is 11.4 Å². The summed E-state index contributed by atoms with van der Waals surface area (Å²) >= 11 is 0. The standard InChI is InChI=1S/C32H33F4N3O3/c1-4-5-21-41-30(40)31(2,3)42-25-19-13-22(14-20-25)9-8-12-28-37-29(23-15-17-24(18-16-23)32(34,35)36)38-39(28)27-11-7-6-10-26(27)33/h6-7,10-11,13-20H,4-5,8-9,12,21H2,1-3H3. The maximum Gasteiger partial charge on any atom is 0.416 e. The van der Waals surface area contributed by atoms with Gasteiger partial charge in [0, 0.05) is 12.0 Å². The van der Waals surface area contributed by atoms with Gasteiger partial charge in [0.1, 0.15) is 23.1 Å². The molecule has 42 heavy (non-hydrogen) atoms. The van der Waals surface area contributed by atoms with Crippen molar-refractivity contribution in [2.75, 3.05) is 6.61 Å². The average Bonchev–Trinajstić information content (AvgIpc) is 3.37. The summed E-state index contributed by atoms with van der Waals surface area (Å²) < 4.78 is 66.3. The van der Waals surface area contributed by atoms with Gasteiger partial charge in [0.05, 0.1) is 12.2 Å². The number of aromatic nitrogens is 3. The highest BCUT2D eigenvalue weighted by Crippen LogP contribution is 2.31. The van der Waals surface area contributed by atoms with Crippen molar-refractivity contribution in [1.29, 1.82) is 0 Å². The number of carbonyl (C=O) groups excluding carboxylic acids is 1. The van der Waals surface area contributed by atoms with Crippen molar-refractivity contribution in [3.63, 3.8) is 0 Å². The molecule has 0 aliphatic heterocycles. The number of para-hydroxylation sites is 1. The Morgan fingerprint density at radius 3 is 2.24 bits per heavy atom. The summed E-state index contributed by atoms with van der Waals surface area (Å²) in [7, 11) is 0. The highest BCUT2D eigenvalue weighted by Gasteiger charge is 2.32. The molecule has 222 valence electrons. The molecule has 0 bridgehead atoms. The lowest BCUT2D eigenvalue weighted by molar-refractivity contribution is -0.159. The SMILES string of the molecule is CCCCOC(=O)C(C)(C)Oc1ccc(CCCc2nc(-c3ccc(C(F)(F)F)cc3)nn2-c2ccccc2F)cc1. The van der Waals surface area contributed by atoms with Crippen LogP contribution in [0.5, 0.6) is 5.75 Å². The summed E-state index contributed by atoms with van der Waals surface area (Å²) in [5, 5.41) is 4.44. The monoisotopic (exact) mass is 583 g/mol. The van der Waals surface area contributed by atoms with Crippen molar-refractivity contribution >= 4 is 5.97 Å². The minimum absolute atomic E-state index is 0.204. The van der Waals surface area contributed by atoms with Crippen LogP contribution in [-0.2, 0) is 28.5 Å². The topological polar surface area (TPSA) is 66.2 Å². The molecule has 0 N–H and O–H groups in total. The minimum Gasteiger partial charge on any atom is -0.476 e. The third kappa shape index (κ3) is 7.74. The molecule has 0 aliphatic rings. The molecule has 0 unspecified atom stereocenters. The Bertz CT molecular complexity index is 1480. The Kier molecular flexibility index (Phi) is 9.65. The van der Waals surface area contributed by atoms with Crippen molar-refractivity contribution < 1.29 is 31.8 Å². The lowest BCUT2D eigenvalue weighted by atomic mass is 10.1. The van der Waals surface area contributed by atoms with Gasteiger partial charge in [-0.05, 0) is 75.1 Å². The fraction of sp³-hybridized carbons (Fsp3) is 0.344. The number of hydrogen-bond donors (Lipinski definition) is 0. The van der Waals surface area contributed by atoms with Gasteiger partial charge in [0.25, 0.3) is 0 Å². The molecule has 1 heterocycles. The number of benzene rings is 3. The van der Waals surface area contributed by atoms with Gasteiger partial charge in [-0.2, -0.15) is 13.2 Å². The zero-order valence-corrected chi connectivity index (χ0v) is 23.7. The van der Waals surface area contributed by atoms with Crippen LogP contribution in [0.4, 0.5) is 17.6 Å². The van der Waals surface area contributed by atoms with Crippen LogP contribution in [0.2, 0.25) is 0 Å². The number of esters is 1. The Hall–Kier alpha value is -4.21. The molecule has 1 aromatic heterocycles. The van der Waals surface area contributed by atoms with E-state index in [1.807, 2.05) is 19.1 Å². The second-order valence-corrected chi connectivity index (χ2v) is 10.4. The van der Waals surface area contributed by atoms with Crippen molar-refractivity contribution in [2.45, 2.75) is 64.7 Å². The number of ether oxygens (including phenoxy) is 2. The number of alkyl halides is 3. The fourth-order valence-electron chi connectivity index (χ4n) is 4.25. The fourth-order valence-corrected chi connectivity index (χ4v) is 4.25. The third-order valence-electron chi connectivity index (χ3n) is 6.61. The number of halogens is 4. The Morgan fingerprint density at radius 1 is 0.905 bits per heavy atom. The Balaban J connectivity index is 1.45. The van der Waals surface area contributed by atoms with E-state index in [0.29, 0.717) is 43.0 Å². The number of nitrogens with zero attached hydrogens (tertiary/aromatic N) is 3. The first-order valence-corrected chi connectivity index (χ1v) is 13.8. The molecule has 4 rings (SSSR count). The molecule has 0 radical (unpaired) electrons. The highest BCUT2D eigenvalue weighted by atomic mass is 19.4. The van der Waals surface area contributed by atoms with Crippen LogP contribution in [0.1, 0.15) is 57.0 Å². The van der Waals surface area contributed by atoms with E-state index in [1.54, 1.807) is 44.2 Å². The normalized spacial score (nSPS) is 11.9. The summed E-state index contributed by atoms with van der Waals surface area (Å²) in [5.41, 5.74) is -0.281. The van der Waals surface area contributed by atoms with Crippen LogP contribution in [0.25, 0.3) is 17.1 Å². The van der Waals surface area contributed by atoms with E-state index in [-0.39, 0.29) is 11.5 Å². The van der Waals surface area contributed by atoms with E-state index < -0.39 is 29.1 Å². The van der Waals surface area contributed by atoms with Crippen molar-refractivity contribution in [3.8, 4) is 22.8 Å². The van der Waals surface area contributed by atoms with Crippen LogP contribution < -0.4 is 4.74 Å². The first kappa shape index (κ1) is 30.7. The maximum absolute atomic E-state index is 14.7. The number of rotatable bonds is 12. The minimum atomic E-state index is -4.45. The second-order valence-electron chi connectivity index (χ2n) is 10.4. The van der Waals surface area contributed by atoms with Crippen LogP contribution in [-0.4, -0.2) is 32.9 Å². The van der Waals surface area contributed by atoms with Gasteiger partial charge in [0.2, 0.25) is 0 Å². The molecular formula is C32H33F4N3O3. The highest BCUT2D eigenvalue weighted by molar-refractivity contribution is 5.79. The van der Waals surface area contributed by atoms with Gasteiger partial charge in [-0.25, -0.2) is 18.9 Å². The van der Waals surface area contributed by atoms with E-state index in [4.69, 9.17) is 9.47 Å². The smallest absolute Gasteiger partial charge is 0.416 e. The predicted octanol–water partition coefficient (Wildman–Crippen LogP) is 7.77. The Labute approximate surface area is 242 Å². The quantitative estimate of drug-likeness (QED) is 0.0969. The summed E-state index contributed by atoms with van der Waals surface area (Å²) in [6.07, 6.45) is -0.972. The lowest BCUT2D eigenvalue weighted by Crippen LogP contribution is -2.39. The van der Waals surface area contributed by atoms with Crippen LogP contribution in [0, 0.1) is 5.82 Å². The molecule has 10 heteroatoms. The second kappa shape index (κ2) is 13.2. The molecule has 0 spiro atoms. The molecule has 0 saturated heterocycles. The molecule has 0 fully saturated rings. The lowest BCUT2D eigenvalue weighted by Gasteiger charge is -2.24. The predicted molar refractivity (Wildman–Crippen MR) is 151 cm³/mol. The largest absolute Gasteiger partial charge is 0.476 e. The number of aryl methyl sites for hydroxylation is 2. The van der Waals surface area contributed by atoms with Crippen molar-refractivity contribution in [1.82, 2.24) is 14.8 Å². The third-order valence-corrected chi connectivity index (χ3v) is 6.61. The van der Waals surface area contributed by atoms with E-state index in [9.17, 15) is 22.4 Å². The zero-order valence-electron chi connectivity index (χ0n) is 23.7. The van der Waals surface area contributed by atoms with Gasteiger partial charge >= 0.3 is 12.1 Å². The Morgan fingerprint density at radius 2 is 1.60 bits per heavy atom. The van der Waals surface area contributed by atoms with Crippen molar-refractivity contribution in [3.05, 3.63) is 95.6 Å². The van der Waals surface area contributed by atoms with Gasteiger partial charge in [-0.1, -0.05) is 49.7 Å². The number of hydrogen-bond acceptors (Lipinski definition) is 5. The molecule has 3 aromatic carbocycles. The molecule has 0 atom stereocenters. The molecule has 0 amide bonds. The van der Waals surface area contributed by atoms with E-state index in [1.165, 1.54) is 22.9 Å². The average molecular weight is 584 g/mol. The zero-order chi connectivity index (χ0) is 30.3. The summed E-state index contributed by atoms with van der Waals surface area (Å²) in [4.78, 5) is 16.9.